The smallest absolute Gasteiger partial charge is 0.489 e. The predicted octanol–water partition coefficient (Wildman–Crippen LogP) is 3.88. The van der Waals surface area contributed by atoms with Gasteiger partial charge in [-0.25, -0.2) is 4.39 Å². The molecule has 1 saturated heterocycles. The van der Waals surface area contributed by atoms with Crippen LogP contribution in [0.4, 0.5) is 4.39 Å². The molecule has 1 aliphatic heterocycles. The van der Waals surface area contributed by atoms with Gasteiger partial charge in [0.05, 0.1) is 22.8 Å². The number of halogens is 1. The molecule has 0 saturated carbocycles. The monoisotopic (exact) mass is 367 g/mol. The first-order valence-electron chi connectivity index (χ1n) is 8.90. The molecular formula is C21H23BFNO3. The zero-order valence-electron chi connectivity index (χ0n) is 16.3. The summed E-state index contributed by atoms with van der Waals surface area (Å²) in [5.74, 6) is -0.000854. The van der Waals surface area contributed by atoms with Crippen molar-refractivity contribution in [2.45, 2.75) is 52.4 Å². The van der Waals surface area contributed by atoms with Crippen LogP contribution in [0.1, 0.15) is 44.4 Å². The van der Waals surface area contributed by atoms with E-state index in [1.807, 2.05) is 40.7 Å². The molecule has 3 rings (SSSR count). The Morgan fingerprint density at radius 2 is 1.74 bits per heavy atom. The molecule has 1 heterocycles. The first-order chi connectivity index (χ1) is 12.6. The number of nitrogens with zero attached hydrogens (tertiary/aromatic N) is 1. The Kier molecular flexibility index (Phi) is 5.03. The summed E-state index contributed by atoms with van der Waals surface area (Å²) in [4.78, 5) is 0. The lowest BCUT2D eigenvalue weighted by Crippen LogP contribution is -2.41. The van der Waals surface area contributed by atoms with Gasteiger partial charge in [-0.2, -0.15) is 5.26 Å². The summed E-state index contributed by atoms with van der Waals surface area (Å²) in [6.07, 6.45) is 0. The molecule has 1 fully saturated rings. The fourth-order valence-corrected chi connectivity index (χ4v) is 2.85. The summed E-state index contributed by atoms with van der Waals surface area (Å²) >= 11 is 0. The van der Waals surface area contributed by atoms with E-state index in [1.165, 1.54) is 6.07 Å². The highest BCUT2D eigenvalue weighted by Gasteiger charge is 2.52. The van der Waals surface area contributed by atoms with Crippen LogP contribution in [0.3, 0.4) is 0 Å². The number of benzene rings is 2. The van der Waals surface area contributed by atoms with E-state index < -0.39 is 24.1 Å². The first kappa shape index (κ1) is 19.4. The van der Waals surface area contributed by atoms with Gasteiger partial charge < -0.3 is 14.0 Å². The van der Waals surface area contributed by atoms with Crippen LogP contribution in [0, 0.1) is 24.1 Å². The van der Waals surface area contributed by atoms with Crippen molar-refractivity contribution >= 4 is 12.6 Å². The molecule has 0 aromatic heterocycles. The molecule has 0 bridgehead atoms. The minimum absolute atomic E-state index is 0.298. The van der Waals surface area contributed by atoms with E-state index in [0.717, 1.165) is 11.1 Å². The fourth-order valence-electron chi connectivity index (χ4n) is 2.85. The van der Waals surface area contributed by atoms with Crippen molar-refractivity contribution in [1.29, 1.82) is 5.26 Å². The van der Waals surface area contributed by atoms with Crippen LogP contribution < -0.4 is 10.2 Å². The number of rotatable bonds is 4. The molecule has 1 aliphatic rings. The van der Waals surface area contributed by atoms with Gasteiger partial charge in [-0.05, 0) is 63.9 Å². The Hall–Kier alpha value is -2.36. The molecule has 0 N–H and O–H groups in total. The molecule has 2 aromatic rings. The van der Waals surface area contributed by atoms with E-state index in [9.17, 15) is 4.39 Å². The van der Waals surface area contributed by atoms with Crippen molar-refractivity contribution < 1.29 is 18.4 Å². The lowest BCUT2D eigenvalue weighted by molar-refractivity contribution is 0.00578. The van der Waals surface area contributed by atoms with Crippen LogP contribution in [-0.4, -0.2) is 18.3 Å². The summed E-state index contributed by atoms with van der Waals surface area (Å²) in [6, 6.07) is 12.2. The second-order valence-electron chi connectivity index (χ2n) is 7.81. The van der Waals surface area contributed by atoms with Gasteiger partial charge in [0, 0.05) is 11.5 Å². The summed E-state index contributed by atoms with van der Waals surface area (Å²) in [5.41, 5.74) is 1.83. The Morgan fingerprint density at radius 1 is 1.07 bits per heavy atom. The molecular weight excluding hydrogens is 344 g/mol. The Balaban J connectivity index is 1.72. The van der Waals surface area contributed by atoms with Crippen LogP contribution in [0.5, 0.6) is 5.75 Å². The highest BCUT2D eigenvalue weighted by Crippen LogP contribution is 2.36. The molecule has 0 radical (unpaired) electrons. The molecule has 2 aromatic carbocycles. The minimum Gasteiger partial charge on any atom is -0.489 e. The van der Waals surface area contributed by atoms with Crippen molar-refractivity contribution in [2.24, 2.45) is 0 Å². The third kappa shape index (κ3) is 3.85. The second kappa shape index (κ2) is 6.99. The van der Waals surface area contributed by atoms with E-state index in [2.05, 4.69) is 6.07 Å². The highest BCUT2D eigenvalue weighted by atomic mass is 19.1. The van der Waals surface area contributed by atoms with Gasteiger partial charge in [0.2, 0.25) is 0 Å². The van der Waals surface area contributed by atoms with E-state index in [-0.39, 0.29) is 0 Å². The SMILES string of the molecule is Cc1cc(C#N)ccc1COc1ccc(B2OC(C)(C)C(C)(C)O2)c(F)c1. The van der Waals surface area contributed by atoms with Gasteiger partial charge in [0.1, 0.15) is 18.2 Å². The number of nitriles is 1. The predicted molar refractivity (Wildman–Crippen MR) is 102 cm³/mol. The first-order valence-corrected chi connectivity index (χ1v) is 8.90. The number of hydrogen-bond donors (Lipinski definition) is 0. The highest BCUT2D eigenvalue weighted by molar-refractivity contribution is 6.62. The molecule has 0 aliphatic carbocycles. The molecule has 6 heteroatoms. The van der Waals surface area contributed by atoms with Gasteiger partial charge in [-0.1, -0.05) is 12.1 Å². The van der Waals surface area contributed by atoms with E-state index in [0.29, 0.717) is 23.4 Å². The van der Waals surface area contributed by atoms with E-state index in [4.69, 9.17) is 19.3 Å². The molecule has 0 unspecified atom stereocenters. The molecule has 0 atom stereocenters. The third-order valence-electron chi connectivity index (χ3n) is 5.35. The summed E-state index contributed by atoms with van der Waals surface area (Å²) in [7, 11) is -0.746. The molecule has 0 amide bonds. The van der Waals surface area contributed by atoms with Gasteiger partial charge in [-0.15, -0.1) is 0 Å². The number of ether oxygens (including phenoxy) is 1. The van der Waals surface area contributed by atoms with Crippen LogP contribution in [0.2, 0.25) is 0 Å². The lowest BCUT2D eigenvalue weighted by atomic mass is 9.78. The number of aryl methyl sites for hydroxylation is 1. The maximum absolute atomic E-state index is 14.6. The van der Waals surface area contributed by atoms with Crippen LogP contribution in [-0.2, 0) is 15.9 Å². The fraction of sp³-hybridized carbons (Fsp3) is 0.381. The average molecular weight is 367 g/mol. The Bertz CT molecular complexity index is 889. The zero-order valence-corrected chi connectivity index (χ0v) is 16.3. The average Bonchev–Trinajstić information content (AvgIpc) is 2.81. The largest absolute Gasteiger partial charge is 0.497 e. The second-order valence-corrected chi connectivity index (χ2v) is 7.81. The van der Waals surface area contributed by atoms with Gasteiger partial charge in [0.15, 0.2) is 0 Å². The van der Waals surface area contributed by atoms with Crippen molar-refractivity contribution in [2.75, 3.05) is 0 Å². The van der Waals surface area contributed by atoms with Crippen molar-refractivity contribution in [1.82, 2.24) is 0 Å². The summed E-state index contributed by atoms with van der Waals surface area (Å²) in [5, 5.41) is 8.93. The molecule has 27 heavy (non-hydrogen) atoms. The van der Waals surface area contributed by atoms with Crippen LogP contribution >= 0.6 is 0 Å². The molecule has 4 nitrogen and oxygen atoms in total. The third-order valence-corrected chi connectivity index (χ3v) is 5.35. The van der Waals surface area contributed by atoms with E-state index in [1.54, 1.807) is 24.3 Å². The summed E-state index contributed by atoms with van der Waals surface area (Å²) in [6.45, 7) is 9.95. The topological polar surface area (TPSA) is 51.5 Å². The standard InChI is InChI=1S/C21H23BFNO3/c1-14-10-15(12-24)6-7-16(14)13-25-17-8-9-18(19(23)11-17)22-26-20(2,3)21(4,5)27-22/h6-11H,13H2,1-5H3. The maximum atomic E-state index is 14.6. The minimum atomic E-state index is -0.746. The van der Waals surface area contributed by atoms with Crippen LogP contribution in [0.15, 0.2) is 36.4 Å². The summed E-state index contributed by atoms with van der Waals surface area (Å²) < 4.78 is 32.2. The van der Waals surface area contributed by atoms with Gasteiger partial charge >= 0.3 is 7.12 Å². The van der Waals surface area contributed by atoms with Crippen LogP contribution in [0.25, 0.3) is 0 Å². The molecule has 0 spiro atoms. The lowest BCUT2D eigenvalue weighted by Gasteiger charge is -2.32. The quantitative estimate of drug-likeness (QED) is 0.770. The van der Waals surface area contributed by atoms with E-state index >= 15 is 0 Å². The maximum Gasteiger partial charge on any atom is 0.497 e. The number of hydrogen-bond acceptors (Lipinski definition) is 4. The van der Waals surface area contributed by atoms with Crippen molar-refractivity contribution in [3.05, 3.63) is 58.9 Å². The molecule has 140 valence electrons. The van der Waals surface area contributed by atoms with Gasteiger partial charge in [-0.3, -0.25) is 0 Å². The van der Waals surface area contributed by atoms with Crippen molar-refractivity contribution in [3.8, 4) is 11.8 Å². The zero-order chi connectivity index (χ0) is 19.8. The van der Waals surface area contributed by atoms with Gasteiger partial charge in [0.25, 0.3) is 0 Å². The van der Waals surface area contributed by atoms with Crippen molar-refractivity contribution in [3.63, 3.8) is 0 Å². The normalized spacial score (nSPS) is 17.6. The Labute approximate surface area is 160 Å². The Morgan fingerprint density at radius 3 is 2.30 bits per heavy atom.